The smallest absolute Gasteiger partial charge is 0.0229 e. The van der Waals surface area contributed by atoms with Crippen molar-refractivity contribution >= 4 is 15.9 Å². The van der Waals surface area contributed by atoms with Crippen LogP contribution >= 0.6 is 15.9 Å². The number of hydrogen-bond donors (Lipinski definition) is 0. The third kappa shape index (κ3) is 4.28. The third-order valence-corrected chi connectivity index (χ3v) is 3.65. The Bertz CT molecular complexity index is 150. The molecule has 0 aromatic rings. The van der Waals surface area contributed by atoms with Crippen molar-refractivity contribution in [3.63, 3.8) is 0 Å². The van der Waals surface area contributed by atoms with Crippen molar-refractivity contribution in [2.75, 3.05) is 39.1 Å². The fraction of sp³-hybridized carbons (Fsp3) is 1.00. The lowest BCUT2D eigenvalue weighted by atomic mass is 10.2. The summed E-state index contributed by atoms with van der Waals surface area (Å²) in [5.41, 5.74) is 0. The van der Waals surface area contributed by atoms with E-state index in [1.165, 1.54) is 45.3 Å². The maximum Gasteiger partial charge on any atom is 0.0229 e. The molecule has 0 aliphatic carbocycles. The summed E-state index contributed by atoms with van der Waals surface area (Å²) in [6, 6.07) is 0.797. The first-order valence-corrected chi connectivity index (χ1v) is 6.81. The SMILES string of the molecule is CN(C)C1CCN(CCCCCBr)C1. The number of halogens is 1. The number of likely N-dealkylation sites (N-methyl/N-ethyl adjacent to an activating group) is 1. The maximum atomic E-state index is 3.47. The zero-order valence-electron chi connectivity index (χ0n) is 9.51. The Kier molecular flexibility index (Phi) is 6.06. The Morgan fingerprint density at radius 1 is 1.29 bits per heavy atom. The zero-order chi connectivity index (χ0) is 10.4. The van der Waals surface area contributed by atoms with Crippen LogP contribution in [0, 0.1) is 0 Å². The molecule has 1 unspecified atom stereocenters. The van der Waals surface area contributed by atoms with E-state index in [0.717, 1.165) is 11.4 Å². The quantitative estimate of drug-likeness (QED) is 0.535. The Labute approximate surface area is 96.8 Å². The van der Waals surface area contributed by atoms with Crippen molar-refractivity contribution in [2.24, 2.45) is 0 Å². The van der Waals surface area contributed by atoms with E-state index in [-0.39, 0.29) is 0 Å². The van der Waals surface area contributed by atoms with Gasteiger partial charge in [-0.3, -0.25) is 0 Å². The van der Waals surface area contributed by atoms with E-state index in [1.807, 2.05) is 0 Å². The van der Waals surface area contributed by atoms with Gasteiger partial charge in [0.1, 0.15) is 0 Å². The van der Waals surface area contributed by atoms with Gasteiger partial charge in [0, 0.05) is 17.9 Å². The molecule has 0 spiro atoms. The fourth-order valence-corrected chi connectivity index (χ4v) is 2.44. The van der Waals surface area contributed by atoms with Gasteiger partial charge in [-0.2, -0.15) is 0 Å². The van der Waals surface area contributed by atoms with Gasteiger partial charge in [0.2, 0.25) is 0 Å². The Hall–Kier alpha value is 0.400. The summed E-state index contributed by atoms with van der Waals surface area (Å²) in [5, 5.41) is 1.16. The monoisotopic (exact) mass is 262 g/mol. The van der Waals surface area contributed by atoms with E-state index in [2.05, 4.69) is 39.8 Å². The van der Waals surface area contributed by atoms with Crippen LogP contribution in [0.2, 0.25) is 0 Å². The molecule has 1 atom stereocenters. The summed E-state index contributed by atoms with van der Waals surface area (Å²) >= 11 is 3.47. The molecule has 0 saturated carbocycles. The lowest BCUT2D eigenvalue weighted by molar-refractivity contribution is 0.266. The normalized spacial score (nSPS) is 23.6. The maximum absolute atomic E-state index is 3.47. The lowest BCUT2D eigenvalue weighted by Crippen LogP contribution is -2.31. The van der Waals surface area contributed by atoms with Crippen LogP contribution in [0.3, 0.4) is 0 Å². The Morgan fingerprint density at radius 2 is 2.07 bits per heavy atom. The molecule has 1 heterocycles. The molecule has 1 saturated heterocycles. The molecule has 0 N–H and O–H groups in total. The zero-order valence-corrected chi connectivity index (χ0v) is 11.1. The van der Waals surface area contributed by atoms with Crippen LogP contribution in [0.4, 0.5) is 0 Å². The third-order valence-electron chi connectivity index (χ3n) is 3.09. The van der Waals surface area contributed by atoms with Gasteiger partial charge in [0.25, 0.3) is 0 Å². The summed E-state index contributed by atoms with van der Waals surface area (Å²) in [7, 11) is 4.39. The molecular formula is C11H23BrN2. The minimum atomic E-state index is 0.797. The number of nitrogens with zero attached hydrogens (tertiary/aromatic N) is 2. The van der Waals surface area contributed by atoms with E-state index in [1.54, 1.807) is 0 Å². The molecule has 0 aromatic heterocycles. The van der Waals surface area contributed by atoms with Crippen molar-refractivity contribution in [1.29, 1.82) is 0 Å². The first kappa shape index (κ1) is 12.5. The molecule has 1 aliphatic rings. The largest absolute Gasteiger partial charge is 0.305 e. The van der Waals surface area contributed by atoms with Gasteiger partial charge in [0.15, 0.2) is 0 Å². The first-order chi connectivity index (χ1) is 6.74. The average molecular weight is 263 g/mol. The fourth-order valence-electron chi connectivity index (χ4n) is 2.04. The Balaban J connectivity index is 2.04. The lowest BCUT2D eigenvalue weighted by Gasteiger charge is -2.20. The molecule has 0 amide bonds. The number of hydrogen-bond acceptors (Lipinski definition) is 2. The topological polar surface area (TPSA) is 6.48 Å². The average Bonchev–Trinajstić information content (AvgIpc) is 2.61. The van der Waals surface area contributed by atoms with Crippen LogP contribution in [-0.4, -0.2) is 54.9 Å². The molecular weight excluding hydrogens is 240 g/mol. The van der Waals surface area contributed by atoms with E-state index in [4.69, 9.17) is 0 Å². The summed E-state index contributed by atoms with van der Waals surface area (Å²) in [6.07, 6.45) is 5.41. The minimum absolute atomic E-state index is 0.797. The van der Waals surface area contributed by atoms with E-state index < -0.39 is 0 Å². The van der Waals surface area contributed by atoms with Gasteiger partial charge >= 0.3 is 0 Å². The van der Waals surface area contributed by atoms with Gasteiger partial charge in [-0.1, -0.05) is 22.4 Å². The highest BCUT2D eigenvalue weighted by atomic mass is 79.9. The van der Waals surface area contributed by atoms with Crippen LogP contribution in [0.5, 0.6) is 0 Å². The van der Waals surface area contributed by atoms with E-state index in [0.29, 0.717) is 0 Å². The second-order valence-corrected chi connectivity index (χ2v) is 5.25. The van der Waals surface area contributed by atoms with E-state index >= 15 is 0 Å². The van der Waals surface area contributed by atoms with Crippen LogP contribution < -0.4 is 0 Å². The molecule has 1 rings (SSSR count). The highest BCUT2D eigenvalue weighted by Gasteiger charge is 2.22. The minimum Gasteiger partial charge on any atom is -0.305 e. The molecule has 84 valence electrons. The molecule has 2 nitrogen and oxygen atoms in total. The molecule has 0 radical (unpaired) electrons. The van der Waals surface area contributed by atoms with Gasteiger partial charge in [-0.25, -0.2) is 0 Å². The van der Waals surface area contributed by atoms with Crippen LogP contribution in [0.1, 0.15) is 25.7 Å². The van der Waals surface area contributed by atoms with Crippen molar-refractivity contribution in [2.45, 2.75) is 31.7 Å². The number of rotatable bonds is 6. The van der Waals surface area contributed by atoms with Gasteiger partial charge in [-0.05, 0) is 46.4 Å². The molecule has 1 fully saturated rings. The Morgan fingerprint density at radius 3 is 2.64 bits per heavy atom. The molecule has 14 heavy (non-hydrogen) atoms. The van der Waals surface area contributed by atoms with E-state index in [9.17, 15) is 0 Å². The second kappa shape index (κ2) is 6.81. The number of alkyl halides is 1. The number of unbranched alkanes of at least 4 members (excludes halogenated alkanes) is 2. The summed E-state index contributed by atoms with van der Waals surface area (Å²) < 4.78 is 0. The van der Waals surface area contributed by atoms with Crippen molar-refractivity contribution < 1.29 is 0 Å². The van der Waals surface area contributed by atoms with Gasteiger partial charge in [0.05, 0.1) is 0 Å². The van der Waals surface area contributed by atoms with Crippen LogP contribution in [0.15, 0.2) is 0 Å². The summed E-state index contributed by atoms with van der Waals surface area (Å²) in [4.78, 5) is 4.97. The first-order valence-electron chi connectivity index (χ1n) is 5.69. The van der Waals surface area contributed by atoms with Gasteiger partial charge < -0.3 is 9.80 Å². The standard InChI is InChI=1S/C11H23BrN2/c1-13(2)11-6-9-14(10-11)8-5-3-4-7-12/h11H,3-10H2,1-2H3. The summed E-state index contributed by atoms with van der Waals surface area (Å²) in [5.74, 6) is 0. The highest BCUT2D eigenvalue weighted by Crippen LogP contribution is 2.13. The second-order valence-electron chi connectivity index (χ2n) is 4.46. The van der Waals surface area contributed by atoms with Crippen LogP contribution in [-0.2, 0) is 0 Å². The van der Waals surface area contributed by atoms with Crippen molar-refractivity contribution in [1.82, 2.24) is 9.80 Å². The van der Waals surface area contributed by atoms with Crippen molar-refractivity contribution in [3.05, 3.63) is 0 Å². The molecule has 3 heteroatoms. The molecule has 0 bridgehead atoms. The highest BCUT2D eigenvalue weighted by molar-refractivity contribution is 9.09. The molecule has 0 aromatic carbocycles. The predicted octanol–water partition coefficient (Wildman–Crippen LogP) is 2.19. The van der Waals surface area contributed by atoms with Gasteiger partial charge in [-0.15, -0.1) is 0 Å². The van der Waals surface area contributed by atoms with Crippen LogP contribution in [0.25, 0.3) is 0 Å². The predicted molar refractivity (Wildman–Crippen MR) is 66.2 cm³/mol. The number of likely N-dealkylation sites (tertiary alicyclic amines) is 1. The van der Waals surface area contributed by atoms with Crippen molar-refractivity contribution in [3.8, 4) is 0 Å². The molecule has 1 aliphatic heterocycles. The summed E-state index contributed by atoms with van der Waals surface area (Å²) in [6.45, 7) is 3.88.